The number of hydrogen-bond donors (Lipinski definition) is 0. The number of carbonyl (C=O) groups excluding carboxylic acids is 1. The van der Waals surface area contributed by atoms with Crippen molar-refractivity contribution in [1.29, 1.82) is 0 Å². The first-order valence-electron chi connectivity index (χ1n) is 9.70. The van der Waals surface area contributed by atoms with Gasteiger partial charge in [-0.3, -0.25) is 19.3 Å². The van der Waals surface area contributed by atoms with E-state index in [9.17, 15) is 4.79 Å². The van der Waals surface area contributed by atoms with Gasteiger partial charge < -0.3 is 9.47 Å². The van der Waals surface area contributed by atoms with Gasteiger partial charge in [0.25, 0.3) is 5.91 Å². The van der Waals surface area contributed by atoms with Gasteiger partial charge in [0.15, 0.2) is 10.8 Å². The summed E-state index contributed by atoms with van der Waals surface area (Å²) in [6.45, 7) is 4.94. The van der Waals surface area contributed by atoms with E-state index in [-0.39, 0.29) is 5.91 Å². The summed E-state index contributed by atoms with van der Waals surface area (Å²) in [5, 5.41) is 4.98. The van der Waals surface area contributed by atoms with E-state index >= 15 is 0 Å². The van der Waals surface area contributed by atoms with Crippen molar-refractivity contribution in [1.82, 2.24) is 19.7 Å². The van der Waals surface area contributed by atoms with Crippen molar-refractivity contribution >= 4 is 32.6 Å². The molecule has 154 valence electrons. The monoisotopic (exact) mass is 415 g/mol. The molecule has 0 spiro atoms. The molecule has 8 nitrogen and oxygen atoms in total. The lowest BCUT2D eigenvalue weighted by atomic mass is 10.3. The van der Waals surface area contributed by atoms with Crippen molar-refractivity contribution in [3.8, 4) is 5.75 Å². The van der Waals surface area contributed by atoms with E-state index in [1.165, 1.54) is 11.3 Å². The maximum Gasteiger partial charge on any atom is 0.280 e. The Labute approximate surface area is 173 Å². The fourth-order valence-electron chi connectivity index (χ4n) is 3.37. The smallest absolute Gasteiger partial charge is 0.280 e. The molecule has 0 N–H and O–H groups in total. The molecule has 1 saturated heterocycles. The zero-order chi connectivity index (χ0) is 20.2. The summed E-state index contributed by atoms with van der Waals surface area (Å²) in [5.41, 5.74) is 1.26. The van der Waals surface area contributed by atoms with Crippen molar-refractivity contribution < 1.29 is 14.3 Å². The van der Waals surface area contributed by atoms with Gasteiger partial charge >= 0.3 is 0 Å². The molecule has 1 amide bonds. The Morgan fingerprint density at radius 3 is 2.86 bits per heavy atom. The van der Waals surface area contributed by atoms with Crippen LogP contribution in [0.4, 0.5) is 5.13 Å². The lowest BCUT2D eigenvalue weighted by Crippen LogP contribution is -2.39. The number of aryl methyl sites for hydroxylation is 1. The lowest BCUT2D eigenvalue weighted by Gasteiger charge is -2.27. The van der Waals surface area contributed by atoms with E-state index < -0.39 is 0 Å². The van der Waals surface area contributed by atoms with E-state index in [1.54, 1.807) is 29.0 Å². The molecule has 1 aliphatic heterocycles. The van der Waals surface area contributed by atoms with Gasteiger partial charge in [-0.15, -0.1) is 0 Å². The van der Waals surface area contributed by atoms with Crippen LogP contribution in [-0.2, 0) is 11.8 Å². The van der Waals surface area contributed by atoms with Crippen molar-refractivity contribution in [2.45, 2.75) is 6.42 Å². The molecule has 0 bridgehead atoms. The number of aromatic nitrogens is 3. The second-order valence-electron chi connectivity index (χ2n) is 6.97. The second kappa shape index (κ2) is 8.89. The molecule has 0 saturated carbocycles. The molecule has 1 aromatic carbocycles. The fourth-order valence-corrected chi connectivity index (χ4v) is 4.34. The zero-order valence-electron chi connectivity index (χ0n) is 16.7. The lowest BCUT2D eigenvalue weighted by molar-refractivity contribution is 0.0376. The van der Waals surface area contributed by atoms with Crippen LogP contribution in [0, 0.1) is 0 Å². The number of methoxy groups -OCH3 is 1. The van der Waals surface area contributed by atoms with Crippen LogP contribution < -0.4 is 9.64 Å². The van der Waals surface area contributed by atoms with Crippen LogP contribution in [0.1, 0.15) is 16.9 Å². The number of thiazole rings is 1. The van der Waals surface area contributed by atoms with Gasteiger partial charge in [0.05, 0.1) is 30.5 Å². The Balaban J connectivity index is 1.56. The summed E-state index contributed by atoms with van der Waals surface area (Å²) < 4.78 is 13.4. The molecular weight excluding hydrogens is 390 g/mol. The number of morpholine rings is 1. The van der Waals surface area contributed by atoms with Crippen LogP contribution in [0.15, 0.2) is 30.5 Å². The molecule has 1 aliphatic rings. The number of carbonyl (C=O) groups is 1. The zero-order valence-corrected chi connectivity index (χ0v) is 17.5. The molecule has 9 heteroatoms. The minimum Gasteiger partial charge on any atom is -0.497 e. The standard InChI is InChI=1S/C20H25N5O3S/c1-23-9-6-16(22-23)19(26)25(8-3-7-24-10-12-28-13-11-24)20-21-17-14-15(27-2)4-5-18(17)29-20/h4-6,9,14H,3,7-8,10-13H2,1-2H3. The normalized spacial score (nSPS) is 15.0. The third kappa shape index (κ3) is 4.58. The number of anilines is 1. The highest BCUT2D eigenvalue weighted by atomic mass is 32.1. The maximum atomic E-state index is 13.2. The molecule has 29 heavy (non-hydrogen) atoms. The van der Waals surface area contributed by atoms with Gasteiger partial charge in [-0.2, -0.15) is 5.10 Å². The van der Waals surface area contributed by atoms with Crippen molar-refractivity contribution in [3.05, 3.63) is 36.2 Å². The van der Waals surface area contributed by atoms with Crippen LogP contribution in [0.25, 0.3) is 10.2 Å². The summed E-state index contributed by atoms with van der Waals surface area (Å²) >= 11 is 1.51. The number of hydrogen-bond acceptors (Lipinski definition) is 7. The molecule has 0 aliphatic carbocycles. The molecule has 0 atom stereocenters. The maximum absolute atomic E-state index is 13.2. The molecule has 3 heterocycles. The van der Waals surface area contributed by atoms with Gasteiger partial charge in [-0.05, 0) is 24.6 Å². The number of rotatable bonds is 7. The first-order valence-corrected chi connectivity index (χ1v) is 10.5. The molecule has 1 fully saturated rings. The van der Waals surface area contributed by atoms with Gasteiger partial charge in [-0.25, -0.2) is 4.98 Å². The minimum absolute atomic E-state index is 0.126. The predicted octanol–water partition coefficient (Wildman–Crippen LogP) is 2.41. The fraction of sp³-hybridized carbons (Fsp3) is 0.450. The van der Waals surface area contributed by atoms with Gasteiger partial charge in [0, 0.05) is 45.5 Å². The van der Waals surface area contributed by atoms with E-state index in [0.717, 1.165) is 55.2 Å². The van der Waals surface area contributed by atoms with E-state index in [2.05, 4.69) is 10.00 Å². The summed E-state index contributed by atoms with van der Waals surface area (Å²) in [5.74, 6) is 0.628. The van der Waals surface area contributed by atoms with Crippen LogP contribution in [0.2, 0.25) is 0 Å². The highest BCUT2D eigenvalue weighted by Crippen LogP contribution is 2.32. The molecule has 4 rings (SSSR count). The minimum atomic E-state index is -0.126. The Bertz CT molecular complexity index is 980. The number of nitrogens with zero attached hydrogens (tertiary/aromatic N) is 5. The van der Waals surface area contributed by atoms with E-state index in [4.69, 9.17) is 14.5 Å². The summed E-state index contributed by atoms with van der Waals surface area (Å²) in [6, 6.07) is 7.53. The van der Waals surface area contributed by atoms with Crippen LogP contribution in [0.5, 0.6) is 5.75 Å². The summed E-state index contributed by atoms with van der Waals surface area (Å²) in [7, 11) is 3.44. The molecule has 0 unspecified atom stereocenters. The quantitative estimate of drug-likeness (QED) is 0.590. The number of fused-ring (bicyclic) bond motifs is 1. The van der Waals surface area contributed by atoms with Crippen molar-refractivity contribution in [3.63, 3.8) is 0 Å². The van der Waals surface area contributed by atoms with Crippen molar-refractivity contribution in [2.75, 3.05) is 51.4 Å². The highest BCUT2D eigenvalue weighted by Gasteiger charge is 2.23. The average molecular weight is 416 g/mol. The third-order valence-corrected chi connectivity index (χ3v) is 6.01. The Hall–Kier alpha value is -2.49. The summed E-state index contributed by atoms with van der Waals surface area (Å²) in [6.07, 6.45) is 2.64. The third-order valence-electron chi connectivity index (χ3n) is 4.95. The number of amides is 1. The van der Waals surface area contributed by atoms with Gasteiger partial charge in [0.1, 0.15) is 5.75 Å². The Kier molecular flexibility index (Phi) is 6.08. The number of benzene rings is 1. The van der Waals surface area contributed by atoms with Crippen LogP contribution >= 0.6 is 11.3 Å². The Morgan fingerprint density at radius 1 is 1.31 bits per heavy atom. The first-order chi connectivity index (χ1) is 14.1. The molecular formula is C20H25N5O3S. The topological polar surface area (TPSA) is 72.7 Å². The van der Waals surface area contributed by atoms with Crippen molar-refractivity contribution in [2.24, 2.45) is 7.05 Å². The Morgan fingerprint density at radius 2 is 2.14 bits per heavy atom. The second-order valence-corrected chi connectivity index (χ2v) is 7.98. The van der Waals surface area contributed by atoms with Crippen LogP contribution in [0.3, 0.4) is 0 Å². The SMILES string of the molecule is COc1ccc2sc(N(CCCN3CCOCC3)C(=O)c3ccn(C)n3)nc2c1. The predicted molar refractivity (Wildman–Crippen MR) is 113 cm³/mol. The highest BCUT2D eigenvalue weighted by molar-refractivity contribution is 7.22. The molecule has 3 aromatic rings. The summed E-state index contributed by atoms with van der Waals surface area (Å²) in [4.78, 5) is 22.0. The van der Waals surface area contributed by atoms with E-state index in [0.29, 0.717) is 17.4 Å². The largest absolute Gasteiger partial charge is 0.497 e. The van der Waals surface area contributed by atoms with Crippen LogP contribution in [-0.4, -0.2) is 72.1 Å². The molecule has 0 radical (unpaired) electrons. The average Bonchev–Trinajstić information content (AvgIpc) is 3.37. The van der Waals surface area contributed by atoms with Gasteiger partial charge in [-0.1, -0.05) is 11.3 Å². The number of ether oxygens (including phenoxy) is 2. The molecule has 2 aromatic heterocycles. The first kappa shape index (κ1) is 19.8. The van der Waals surface area contributed by atoms with E-state index in [1.807, 2.05) is 25.2 Å². The van der Waals surface area contributed by atoms with Gasteiger partial charge in [0.2, 0.25) is 0 Å².